The summed E-state index contributed by atoms with van der Waals surface area (Å²) in [6.07, 6.45) is -4.65. The zero-order chi connectivity index (χ0) is 21.2. The maximum absolute atomic E-state index is 13.7. The Morgan fingerprint density at radius 1 is 0.931 bits per heavy atom. The number of hydrogen-bond donors (Lipinski definition) is 1. The van der Waals surface area contributed by atoms with Crippen LogP contribution in [0.3, 0.4) is 0 Å². The van der Waals surface area contributed by atoms with Crippen molar-refractivity contribution in [3.63, 3.8) is 0 Å². The van der Waals surface area contributed by atoms with E-state index in [1.54, 1.807) is 0 Å². The van der Waals surface area contributed by atoms with Gasteiger partial charge in [0.2, 0.25) is 0 Å². The second-order valence-electron chi connectivity index (χ2n) is 6.20. The molecule has 0 saturated carbocycles. The summed E-state index contributed by atoms with van der Waals surface area (Å²) in [6.45, 7) is 0. The van der Waals surface area contributed by atoms with Gasteiger partial charge in [0.05, 0.1) is 16.8 Å². The SMILES string of the molecule is CN(c1ccc(NC(=O)c2ccccc2F)cc1)c1cc(F)ccc1C(F)(F)F. The number of nitrogens with zero attached hydrogens (tertiary/aromatic N) is 1. The summed E-state index contributed by atoms with van der Waals surface area (Å²) >= 11 is 0. The van der Waals surface area contributed by atoms with E-state index in [1.807, 2.05) is 0 Å². The fourth-order valence-electron chi connectivity index (χ4n) is 2.77. The van der Waals surface area contributed by atoms with Crippen LogP contribution in [0.5, 0.6) is 0 Å². The van der Waals surface area contributed by atoms with Gasteiger partial charge in [0.15, 0.2) is 0 Å². The third-order valence-electron chi connectivity index (χ3n) is 4.26. The molecule has 0 saturated heterocycles. The van der Waals surface area contributed by atoms with E-state index in [1.165, 1.54) is 54.4 Å². The number of rotatable bonds is 4. The Kier molecular flexibility index (Phi) is 5.54. The molecule has 3 aromatic rings. The Balaban J connectivity index is 1.83. The van der Waals surface area contributed by atoms with Gasteiger partial charge in [-0.05, 0) is 54.6 Å². The second-order valence-corrected chi connectivity index (χ2v) is 6.20. The van der Waals surface area contributed by atoms with Crippen molar-refractivity contribution in [1.82, 2.24) is 0 Å². The number of anilines is 3. The molecule has 1 amide bonds. The summed E-state index contributed by atoms with van der Waals surface area (Å²) in [5.74, 6) is -2.13. The van der Waals surface area contributed by atoms with Crippen molar-refractivity contribution in [2.45, 2.75) is 6.18 Å². The lowest BCUT2D eigenvalue weighted by atomic mass is 10.1. The van der Waals surface area contributed by atoms with E-state index in [-0.39, 0.29) is 11.3 Å². The van der Waals surface area contributed by atoms with Crippen LogP contribution in [-0.4, -0.2) is 13.0 Å². The number of alkyl halides is 3. The van der Waals surface area contributed by atoms with E-state index in [2.05, 4.69) is 5.32 Å². The van der Waals surface area contributed by atoms with Crippen molar-refractivity contribution in [3.8, 4) is 0 Å². The number of carbonyl (C=O) groups is 1. The molecule has 150 valence electrons. The van der Waals surface area contributed by atoms with Gasteiger partial charge >= 0.3 is 6.18 Å². The fraction of sp³-hybridized carbons (Fsp3) is 0.0952. The Morgan fingerprint density at radius 2 is 1.59 bits per heavy atom. The maximum Gasteiger partial charge on any atom is 0.418 e. The molecule has 0 fully saturated rings. The first-order chi connectivity index (χ1) is 13.7. The minimum absolute atomic E-state index is 0.136. The minimum atomic E-state index is -4.65. The highest BCUT2D eigenvalue weighted by Crippen LogP contribution is 2.39. The smallest absolute Gasteiger partial charge is 0.344 e. The summed E-state index contributed by atoms with van der Waals surface area (Å²) in [4.78, 5) is 13.3. The molecule has 1 N–H and O–H groups in total. The van der Waals surface area contributed by atoms with E-state index in [0.29, 0.717) is 17.4 Å². The zero-order valence-corrected chi connectivity index (χ0v) is 15.1. The largest absolute Gasteiger partial charge is 0.418 e. The van der Waals surface area contributed by atoms with Crippen LogP contribution >= 0.6 is 0 Å². The van der Waals surface area contributed by atoms with E-state index >= 15 is 0 Å². The molecule has 0 aliphatic heterocycles. The monoisotopic (exact) mass is 406 g/mol. The molecule has 0 aromatic heterocycles. The van der Waals surface area contributed by atoms with Gasteiger partial charge in [-0.15, -0.1) is 0 Å². The highest BCUT2D eigenvalue weighted by molar-refractivity contribution is 6.04. The van der Waals surface area contributed by atoms with E-state index in [4.69, 9.17) is 0 Å². The van der Waals surface area contributed by atoms with Crippen molar-refractivity contribution < 1.29 is 26.7 Å². The quantitative estimate of drug-likeness (QED) is 0.539. The van der Waals surface area contributed by atoms with Gasteiger partial charge in [0.25, 0.3) is 5.91 Å². The molecule has 29 heavy (non-hydrogen) atoms. The highest BCUT2D eigenvalue weighted by Gasteiger charge is 2.34. The van der Waals surface area contributed by atoms with E-state index < -0.39 is 29.3 Å². The van der Waals surface area contributed by atoms with Gasteiger partial charge < -0.3 is 10.2 Å². The first kappa shape index (κ1) is 20.3. The molecule has 0 unspecified atom stereocenters. The molecule has 3 nitrogen and oxygen atoms in total. The third-order valence-corrected chi connectivity index (χ3v) is 4.26. The summed E-state index contributed by atoms with van der Waals surface area (Å²) in [5, 5.41) is 2.51. The average molecular weight is 406 g/mol. The second kappa shape index (κ2) is 7.90. The molecule has 0 spiro atoms. The molecule has 0 heterocycles. The number of carbonyl (C=O) groups excluding carboxylic acids is 1. The molecule has 8 heteroatoms. The summed E-state index contributed by atoms with van der Waals surface area (Å²) in [6, 6.07) is 13.5. The molecule has 0 aliphatic carbocycles. The maximum atomic E-state index is 13.7. The van der Waals surface area contributed by atoms with Crippen molar-refractivity contribution in [1.29, 1.82) is 0 Å². The standard InChI is InChI=1S/C21H15F5N2O/c1-28(19-12-13(22)6-11-17(19)21(24,25)26)15-9-7-14(8-10-15)27-20(29)16-4-2-3-5-18(16)23/h2-12H,1H3,(H,27,29). The predicted molar refractivity (Wildman–Crippen MR) is 100 cm³/mol. The van der Waals surface area contributed by atoms with E-state index in [9.17, 15) is 26.7 Å². The van der Waals surface area contributed by atoms with Crippen LogP contribution < -0.4 is 10.2 Å². The Bertz CT molecular complexity index is 1030. The van der Waals surface area contributed by atoms with Crippen LogP contribution in [0.1, 0.15) is 15.9 Å². The molecule has 3 rings (SSSR count). The Morgan fingerprint density at radius 3 is 2.21 bits per heavy atom. The number of hydrogen-bond acceptors (Lipinski definition) is 2. The topological polar surface area (TPSA) is 32.3 Å². The molecule has 0 atom stereocenters. The highest BCUT2D eigenvalue weighted by atomic mass is 19.4. The first-order valence-corrected chi connectivity index (χ1v) is 8.43. The molecular formula is C21H15F5N2O. The van der Waals surface area contributed by atoms with Crippen molar-refractivity contribution in [2.75, 3.05) is 17.3 Å². The van der Waals surface area contributed by atoms with Crippen molar-refractivity contribution in [3.05, 3.63) is 89.5 Å². The van der Waals surface area contributed by atoms with Crippen LogP contribution in [0, 0.1) is 11.6 Å². The van der Waals surface area contributed by atoms with Crippen LogP contribution in [0.4, 0.5) is 39.0 Å². The van der Waals surface area contributed by atoms with Crippen LogP contribution in [0.15, 0.2) is 66.7 Å². The Hall–Kier alpha value is -3.42. The van der Waals surface area contributed by atoms with Crippen LogP contribution in [-0.2, 0) is 6.18 Å². The lowest BCUT2D eigenvalue weighted by molar-refractivity contribution is -0.137. The van der Waals surface area contributed by atoms with Crippen LogP contribution in [0.25, 0.3) is 0 Å². The lowest BCUT2D eigenvalue weighted by Crippen LogP contribution is -2.17. The number of amides is 1. The summed E-state index contributed by atoms with van der Waals surface area (Å²) in [7, 11) is 1.37. The third kappa shape index (κ3) is 4.53. The number of benzene rings is 3. The summed E-state index contributed by atoms with van der Waals surface area (Å²) < 4.78 is 66.9. The Labute approximate surface area is 163 Å². The van der Waals surface area contributed by atoms with Gasteiger partial charge in [0, 0.05) is 18.4 Å². The number of nitrogens with one attached hydrogen (secondary N) is 1. The summed E-state index contributed by atoms with van der Waals surface area (Å²) in [5.41, 5.74) is -0.794. The van der Waals surface area contributed by atoms with Crippen LogP contribution in [0.2, 0.25) is 0 Å². The van der Waals surface area contributed by atoms with Gasteiger partial charge in [-0.2, -0.15) is 13.2 Å². The predicted octanol–water partition coefficient (Wildman–Crippen LogP) is 6.00. The van der Waals surface area contributed by atoms with Crippen molar-refractivity contribution in [2.24, 2.45) is 0 Å². The normalized spacial score (nSPS) is 11.2. The van der Waals surface area contributed by atoms with Gasteiger partial charge in [0.1, 0.15) is 11.6 Å². The van der Waals surface area contributed by atoms with E-state index in [0.717, 1.165) is 18.2 Å². The first-order valence-electron chi connectivity index (χ1n) is 8.43. The van der Waals surface area contributed by atoms with Gasteiger partial charge in [-0.1, -0.05) is 12.1 Å². The minimum Gasteiger partial charge on any atom is -0.344 e. The molecular weight excluding hydrogens is 391 g/mol. The van der Waals surface area contributed by atoms with Crippen molar-refractivity contribution >= 4 is 23.0 Å². The molecule has 0 radical (unpaired) electrons. The molecule has 0 aliphatic rings. The number of halogens is 5. The van der Waals surface area contributed by atoms with Gasteiger partial charge in [-0.3, -0.25) is 4.79 Å². The zero-order valence-electron chi connectivity index (χ0n) is 15.1. The molecule has 3 aromatic carbocycles. The van der Waals surface area contributed by atoms with Gasteiger partial charge in [-0.25, -0.2) is 8.78 Å². The lowest BCUT2D eigenvalue weighted by Gasteiger charge is -2.24. The fourth-order valence-corrected chi connectivity index (χ4v) is 2.77. The molecule has 0 bridgehead atoms. The average Bonchev–Trinajstić information content (AvgIpc) is 2.67.